The lowest BCUT2D eigenvalue weighted by atomic mass is 10.1. The monoisotopic (exact) mass is 275 g/mol. The summed E-state index contributed by atoms with van der Waals surface area (Å²) in [4.78, 5) is 24.7. The minimum Gasteiger partial charge on any atom is -0.464 e. The molecule has 1 unspecified atom stereocenters. The predicted molar refractivity (Wildman–Crippen MR) is 72.2 cm³/mol. The Morgan fingerprint density at radius 2 is 2.20 bits per heavy atom. The fourth-order valence-corrected chi connectivity index (χ4v) is 1.66. The van der Waals surface area contributed by atoms with Gasteiger partial charge < -0.3 is 15.4 Å². The van der Waals surface area contributed by atoms with E-state index in [0.717, 1.165) is 5.56 Å². The third-order valence-electron chi connectivity index (χ3n) is 2.66. The summed E-state index contributed by atoms with van der Waals surface area (Å²) in [5.74, 6) is -1.26. The lowest BCUT2D eigenvalue weighted by Crippen LogP contribution is -2.47. The maximum absolute atomic E-state index is 12.0. The molecule has 0 spiro atoms. The molecule has 1 rings (SSSR count). The Balaban J connectivity index is 2.70. The number of rotatable bonds is 5. The average Bonchev–Trinajstić information content (AvgIpc) is 2.46. The molecular formula is C14H17N3O3. The molecule has 0 heterocycles. The summed E-state index contributed by atoms with van der Waals surface area (Å²) in [5, 5.41) is 8.81. The lowest BCUT2D eigenvalue weighted by Gasteiger charge is -2.20. The van der Waals surface area contributed by atoms with Crippen LogP contribution in [0.15, 0.2) is 24.3 Å². The van der Waals surface area contributed by atoms with E-state index in [0.29, 0.717) is 5.56 Å². The van der Waals surface area contributed by atoms with Crippen LogP contribution in [0.3, 0.4) is 0 Å². The Morgan fingerprint density at radius 3 is 2.80 bits per heavy atom. The van der Waals surface area contributed by atoms with Crippen molar-refractivity contribution in [2.24, 2.45) is 5.73 Å². The van der Waals surface area contributed by atoms with Crippen LogP contribution in [0.4, 0.5) is 0 Å². The molecule has 6 heteroatoms. The van der Waals surface area contributed by atoms with Gasteiger partial charge in [-0.3, -0.25) is 4.79 Å². The Morgan fingerprint density at radius 1 is 1.50 bits per heavy atom. The number of ether oxygens (including phenoxy) is 1. The van der Waals surface area contributed by atoms with Crippen molar-refractivity contribution in [2.75, 3.05) is 13.7 Å². The van der Waals surface area contributed by atoms with Crippen molar-refractivity contribution in [3.05, 3.63) is 35.4 Å². The number of carbonyl (C=O) groups is 2. The molecule has 20 heavy (non-hydrogen) atoms. The van der Waals surface area contributed by atoms with E-state index in [2.05, 4.69) is 0 Å². The largest absolute Gasteiger partial charge is 0.464 e. The van der Waals surface area contributed by atoms with E-state index in [1.54, 1.807) is 38.2 Å². The van der Waals surface area contributed by atoms with Gasteiger partial charge in [0.2, 0.25) is 0 Å². The summed E-state index contributed by atoms with van der Waals surface area (Å²) < 4.78 is 4.71. The summed E-state index contributed by atoms with van der Waals surface area (Å²) in [6, 6.07) is 7.59. The summed E-state index contributed by atoms with van der Waals surface area (Å²) in [7, 11) is 1.54. The van der Waals surface area contributed by atoms with Gasteiger partial charge in [-0.05, 0) is 24.6 Å². The molecule has 1 atom stereocenters. The van der Waals surface area contributed by atoms with Crippen LogP contribution in [0.25, 0.3) is 0 Å². The third kappa shape index (κ3) is 4.07. The van der Waals surface area contributed by atoms with Gasteiger partial charge in [-0.15, -0.1) is 0 Å². The van der Waals surface area contributed by atoms with Gasteiger partial charge in [-0.2, -0.15) is 5.26 Å². The van der Waals surface area contributed by atoms with Gasteiger partial charge in [0.1, 0.15) is 0 Å². The zero-order valence-corrected chi connectivity index (χ0v) is 11.5. The van der Waals surface area contributed by atoms with Crippen LogP contribution < -0.4 is 5.73 Å². The first-order chi connectivity index (χ1) is 9.49. The molecule has 1 aromatic carbocycles. The Bertz CT molecular complexity index is 537. The first-order valence-corrected chi connectivity index (χ1v) is 6.15. The lowest BCUT2D eigenvalue weighted by molar-refractivity contribution is -0.150. The zero-order valence-electron chi connectivity index (χ0n) is 11.5. The van der Waals surface area contributed by atoms with E-state index in [1.165, 1.54) is 4.90 Å². The molecule has 0 aromatic heterocycles. The Labute approximate surface area is 117 Å². The second-order valence-corrected chi connectivity index (χ2v) is 4.24. The third-order valence-corrected chi connectivity index (χ3v) is 2.66. The molecular weight excluding hydrogens is 258 g/mol. The van der Waals surface area contributed by atoms with E-state index in [9.17, 15) is 9.59 Å². The zero-order chi connectivity index (χ0) is 15.1. The van der Waals surface area contributed by atoms with Crippen LogP contribution in [0.1, 0.15) is 18.1 Å². The van der Waals surface area contributed by atoms with E-state index in [-0.39, 0.29) is 13.2 Å². The van der Waals surface area contributed by atoms with Crippen molar-refractivity contribution in [2.45, 2.75) is 19.5 Å². The number of nitriles is 1. The summed E-state index contributed by atoms with van der Waals surface area (Å²) >= 11 is 0. The molecule has 106 valence electrons. The minimum atomic E-state index is -1.32. The number of nitrogens with zero attached hydrogens (tertiary/aromatic N) is 2. The van der Waals surface area contributed by atoms with Crippen molar-refractivity contribution in [3.63, 3.8) is 0 Å². The second kappa shape index (κ2) is 7.26. The molecule has 0 aliphatic rings. The van der Waals surface area contributed by atoms with Crippen molar-refractivity contribution in [1.82, 2.24) is 4.90 Å². The second-order valence-electron chi connectivity index (χ2n) is 4.24. The highest BCUT2D eigenvalue weighted by Crippen LogP contribution is 2.07. The number of esters is 1. The number of likely N-dealkylation sites (N-methyl/N-ethyl adjacent to an activating group) is 1. The summed E-state index contributed by atoms with van der Waals surface area (Å²) in [6.07, 6.45) is 0. The van der Waals surface area contributed by atoms with E-state index in [4.69, 9.17) is 15.7 Å². The van der Waals surface area contributed by atoms with Gasteiger partial charge in [-0.25, -0.2) is 4.79 Å². The molecule has 0 aliphatic carbocycles. The minimum absolute atomic E-state index is 0.174. The molecule has 0 fully saturated rings. The number of nitrogens with two attached hydrogens (primary N) is 1. The van der Waals surface area contributed by atoms with Crippen LogP contribution in [-0.4, -0.2) is 36.5 Å². The summed E-state index contributed by atoms with van der Waals surface area (Å²) in [6.45, 7) is 2.08. The molecule has 1 amide bonds. The normalized spacial score (nSPS) is 11.3. The average molecular weight is 275 g/mol. The number of hydrogen-bond donors (Lipinski definition) is 1. The first kappa shape index (κ1) is 15.7. The van der Waals surface area contributed by atoms with Gasteiger partial charge >= 0.3 is 5.97 Å². The van der Waals surface area contributed by atoms with E-state index < -0.39 is 17.9 Å². The SMILES string of the molecule is CCOC(=O)C(N)C(=O)N(C)Cc1cccc(C#N)c1. The number of carbonyl (C=O) groups excluding carboxylic acids is 2. The van der Waals surface area contributed by atoms with Crippen molar-refractivity contribution >= 4 is 11.9 Å². The Hall–Kier alpha value is -2.39. The first-order valence-electron chi connectivity index (χ1n) is 6.15. The topological polar surface area (TPSA) is 96.4 Å². The van der Waals surface area contributed by atoms with Crippen LogP contribution >= 0.6 is 0 Å². The standard InChI is InChI=1S/C14H17N3O3/c1-3-20-14(19)12(16)13(18)17(2)9-11-6-4-5-10(7-11)8-15/h4-7,12H,3,9,16H2,1-2H3. The number of amides is 1. The maximum Gasteiger partial charge on any atom is 0.332 e. The number of benzene rings is 1. The van der Waals surface area contributed by atoms with Crippen LogP contribution in [0.2, 0.25) is 0 Å². The van der Waals surface area contributed by atoms with E-state index in [1.807, 2.05) is 6.07 Å². The molecule has 0 bridgehead atoms. The van der Waals surface area contributed by atoms with Gasteiger partial charge in [0.25, 0.3) is 5.91 Å². The molecule has 6 nitrogen and oxygen atoms in total. The maximum atomic E-state index is 12.0. The number of hydrogen-bond acceptors (Lipinski definition) is 5. The fourth-order valence-electron chi connectivity index (χ4n) is 1.66. The van der Waals surface area contributed by atoms with Gasteiger partial charge in [-0.1, -0.05) is 12.1 Å². The molecule has 0 saturated heterocycles. The Kier molecular flexibility index (Phi) is 5.69. The van der Waals surface area contributed by atoms with Crippen molar-refractivity contribution in [1.29, 1.82) is 5.26 Å². The van der Waals surface area contributed by atoms with Gasteiger partial charge in [0, 0.05) is 13.6 Å². The molecule has 1 aromatic rings. The molecule has 0 aliphatic heterocycles. The van der Waals surface area contributed by atoms with Crippen molar-refractivity contribution in [3.8, 4) is 6.07 Å². The van der Waals surface area contributed by atoms with Gasteiger partial charge in [0.15, 0.2) is 6.04 Å². The highest BCUT2D eigenvalue weighted by molar-refractivity contribution is 6.01. The van der Waals surface area contributed by atoms with Crippen LogP contribution in [0, 0.1) is 11.3 Å². The van der Waals surface area contributed by atoms with E-state index >= 15 is 0 Å². The molecule has 0 saturated carbocycles. The van der Waals surface area contributed by atoms with Crippen molar-refractivity contribution < 1.29 is 14.3 Å². The van der Waals surface area contributed by atoms with Crippen LogP contribution in [-0.2, 0) is 20.9 Å². The van der Waals surface area contributed by atoms with Gasteiger partial charge in [0.05, 0.1) is 18.2 Å². The quantitative estimate of drug-likeness (QED) is 0.620. The smallest absolute Gasteiger partial charge is 0.332 e. The van der Waals surface area contributed by atoms with Crippen LogP contribution in [0.5, 0.6) is 0 Å². The highest BCUT2D eigenvalue weighted by atomic mass is 16.5. The molecule has 0 radical (unpaired) electrons. The highest BCUT2D eigenvalue weighted by Gasteiger charge is 2.26. The fraction of sp³-hybridized carbons (Fsp3) is 0.357. The molecule has 2 N–H and O–H groups in total. The summed E-state index contributed by atoms with van der Waals surface area (Å²) in [5.41, 5.74) is 6.84. The predicted octanol–water partition coefficient (Wildman–Crippen LogP) is 0.407.